The highest BCUT2D eigenvalue weighted by Crippen LogP contribution is 2.33. The van der Waals surface area contributed by atoms with E-state index < -0.39 is 46.7 Å². The molecule has 1 fully saturated rings. The second-order valence-corrected chi connectivity index (χ2v) is 8.66. The van der Waals surface area contributed by atoms with Gasteiger partial charge in [-0.2, -0.15) is 0 Å². The summed E-state index contributed by atoms with van der Waals surface area (Å²) in [7, 11) is 0. The second kappa shape index (κ2) is 9.28. The van der Waals surface area contributed by atoms with Crippen molar-refractivity contribution in [2.45, 2.75) is 0 Å². The van der Waals surface area contributed by atoms with E-state index in [9.17, 15) is 27.6 Å². The van der Waals surface area contributed by atoms with Crippen molar-refractivity contribution in [3.8, 4) is 11.3 Å². The monoisotopic (exact) mass is 536 g/mol. The molecule has 3 aromatic rings. The van der Waals surface area contributed by atoms with Crippen LogP contribution in [0.25, 0.3) is 17.4 Å². The van der Waals surface area contributed by atoms with Crippen LogP contribution < -0.4 is 5.32 Å². The highest BCUT2D eigenvalue weighted by Gasteiger charge is 2.36. The topological polar surface area (TPSA) is 79.6 Å². The molecule has 2 heterocycles. The van der Waals surface area contributed by atoms with Crippen LogP contribution in [0.15, 0.2) is 62.3 Å². The third kappa shape index (κ3) is 4.88. The number of nitrogens with zero attached hydrogens (tertiary/aromatic N) is 1. The van der Waals surface area contributed by atoms with E-state index in [1.54, 1.807) is 12.1 Å². The lowest BCUT2D eigenvalue weighted by atomic mass is 10.2. The van der Waals surface area contributed by atoms with Crippen molar-refractivity contribution in [1.29, 1.82) is 0 Å². The van der Waals surface area contributed by atoms with Gasteiger partial charge in [0.15, 0.2) is 17.5 Å². The summed E-state index contributed by atoms with van der Waals surface area (Å²) in [6.07, 6.45) is 1.38. The Morgan fingerprint density at radius 1 is 1.03 bits per heavy atom. The van der Waals surface area contributed by atoms with Crippen molar-refractivity contribution in [2.75, 3.05) is 11.9 Å². The number of hydrogen-bond acceptors (Lipinski definition) is 5. The number of imide groups is 1. The summed E-state index contributed by atoms with van der Waals surface area (Å²) in [5.41, 5.74) is 0.199. The maximum atomic E-state index is 13.7. The molecule has 33 heavy (non-hydrogen) atoms. The van der Waals surface area contributed by atoms with Crippen molar-refractivity contribution in [3.63, 3.8) is 0 Å². The van der Waals surface area contributed by atoms with Gasteiger partial charge < -0.3 is 9.73 Å². The summed E-state index contributed by atoms with van der Waals surface area (Å²) in [6, 6.07) is 12.2. The van der Waals surface area contributed by atoms with Gasteiger partial charge in [0.2, 0.25) is 5.91 Å². The first kappa shape index (κ1) is 22.9. The second-order valence-electron chi connectivity index (χ2n) is 6.75. The normalized spacial score (nSPS) is 14.9. The molecular weight excluding hydrogens is 525 g/mol. The third-order valence-electron chi connectivity index (χ3n) is 4.51. The van der Waals surface area contributed by atoms with Crippen LogP contribution in [-0.2, 0) is 9.59 Å². The number of carbonyl (C=O) groups excluding carboxylic acids is 3. The Morgan fingerprint density at radius 3 is 2.48 bits per heavy atom. The molecule has 0 atom stereocenters. The highest BCUT2D eigenvalue weighted by atomic mass is 79.9. The Hall–Kier alpha value is -3.31. The standard InChI is InChI=1S/C22H12BrF3N2O4S/c23-12-3-1-11(2-4-12)16-8-5-13(32-16)9-17-21(30)28(22(31)33-17)10-18(29)27-15-7-6-14(24)19(25)20(15)26/h1-9H,10H2,(H,27,29)/b17-9+. The number of benzene rings is 2. The maximum Gasteiger partial charge on any atom is 0.294 e. The fourth-order valence-corrected chi connectivity index (χ4v) is 4.00. The van der Waals surface area contributed by atoms with Crippen LogP contribution in [0.2, 0.25) is 0 Å². The minimum absolute atomic E-state index is 0.0310. The molecule has 168 valence electrons. The number of thioether (sulfide) groups is 1. The van der Waals surface area contributed by atoms with Gasteiger partial charge in [-0.1, -0.05) is 28.1 Å². The molecule has 0 aliphatic carbocycles. The number of anilines is 1. The van der Waals surface area contributed by atoms with Crippen LogP contribution in [0.5, 0.6) is 0 Å². The fraction of sp³-hybridized carbons (Fsp3) is 0.0455. The van der Waals surface area contributed by atoms with Crippen molar-refractivity contribution in [2.24, 2.45) is 0 Å². The summed E-state index contributed by atoms with van der Waals surface area (Å²) in [5.74, 6) is -5.57. The summed E-state index contributed by atoms with van der Waals surface area (Å²) in [5, 5.41) is 1.30. The minimum Gasteiger partial charge on any atom is -0.457 e. The van der Waals surface area contributed by atoms with E-state index in [0.717, 1.165) is 16.1 Å². The fourth-order valence-electron chi connectivity index (χ4n) is 2.92. The molecule has 1 saturated heterocycles. The van der Waals surface area contributed by atoms with Crippen molar-refractivity contribution < 1.29 is 32.0 Å². The van der Waals surface area contributed by atoms with Gasteiger partial charge in [-0.25, -0.2) is 13.2 Å². The third-order valence-corrected chi connectivity index (χ3v) is 5.95. The summed E-state index contributed by atoms with van der Waals surface area (Å²) < 4.78 is 46.7. The molecule has 3 amide bonds. The Kier molecular flexibility index (Phi) is 6.43. The van der Waals surface area contributed by atoms with Gasteiger partial charge in [-0.3, -0.25) is 19.3 Å². The average Bonchev–Trinajstić information content (AvgIpc) is 3.35. The molecule has 0 unspecified atom stereocenters. The van der Waals surface area contributed by atoms with Crippen molar-refractivity contribution >= 4 is 56.5 Å². The highest BCUT2D eigenvalue weighted by molar-refractivity contribution is 9.10. The number of nitrogens with one attached hydrogen (secondary N) is 1. The Labute approximate surface area is 197 Å². The number of rotatable bonds is 5. The molecule has 1 N–H and O–H groups in total. The molecule has 2 aromatic carbocycles. The van der Waals surface area contributed by atoms with Crippen LogP contribution >= 0.6 is 27.7 Å². The van der Waals surface area contributed by atoms with E-state index in [4.69, 9.17) is 4.42 Å². The van der Waals surface area contributed by atoms with Gasteiger partial charge in [0.1, 0.15) is 18.1 Å². The Balaban J connectivity index is 1.45. The molecule has 0 radical (unpaired) electrons. The summed E-state index contributed by atoms with van der Waals surface area (Å²) in [4.78, 5) is 37.7. The zero-order valence-corrected chi connectivity index (χ0v) is 18.8. The molecule has 0 spiro atoms. The van der Waals surface area contributed by atoms with Crippen LogP contribution in [-0.4, -0.2) is 28.5 Å². The van der Waals surface area contributed by atoms with Gasteiger partial charge in [0, 0.05) is 16.1 Å². The van der Waals surface area contributed by atoms with Gasteiger partial charge >= 0.3 is 0 Å². The first-order chi connectivity index (χ1) is 15.7. The molecule has 1 aliphatic rings. The van der Waals surface area contributed by atoms with Gasteiger partial charge in [0.25, 0.3) is 11.1 Å². The van der Waals surface area contributed by atoms with Crippen molar-refractivity contribution in [3.05, 3.63) is 81.1 Å². The number of hydrogen-bond donors (Lipinski definition) is 1. The lowest BCUT2D eigenvalue weighted by Gasteiger charge is -2.13. The molecule has 0 saturated carbocycles. The summed E-state index contributed by atoms with van der Waals surface area (Å²) in [6.45, 7) is -0.733. The zero-order valence-electron chi connectivity index (χ0n) is 16.4. The first-order valence-corrected chi connectivity index (χ1v) is 10.9. The van der Waals surface area contributed by atoms with E-state index in [1.165, 1.54) is 6.08 Å². The largest absolute Gasteiger partial charge is 0.457 e. The molecule has 11 heteroatoms. The zero-order chi connectivity index (χ0) is 23.7. The van der Waals surface area contributed by atoms with Crippen LogP contribution in [0.4, 0.5) is 23.7 Å². The average molecular weight is 537 g/mol. The van der Waals surface area contributed by atoms with Gasteiger partial charge in [-0.05, 0) is 48.2 Å². The number of furan rings is 1. The lowest BCUT2D eigenvalue weighted by molar-refractivity contribution is -0.127. The van der Waals surface area contributed by atoms with E-state index in [1.807, 2.05) is 29.6 Å². The minimum atomic E-state index is -1.75. The predicted octanol–water partition coefficient (Wildman–Crippen LogP) is 5.80. The molecule has 1 aromatic heterocycles. The van der Waals surface area contributed by atoms with Gasteiger partial charge in [0.05, 0.1) is 10.6 Å². The number of halogens is 4. The van der Waals surface area contributed by atoms with Gasteiger partial charge in [-0.15, -0.1) is 0 Å². The van der Waals surface area contributed by atoms with Crippen molar-refractivity contribution in [1.82, 2.24) is 4.90 Å². The molecular formula is C22H12BrF3N2O4S. The quantitative estimate of drug-likeness (QED) is 0.329. The Bertz CT molecular complexity index is 1310. The number of amides is 3. The molecule has 1 aliphatic heterocycles. The molecule has 6 nitrogen and oxygen atoms in total. The SMILES string of the molecule is O=C(CN1C(=O)S/C(=C/c2ccc(-c3ccc(Br)cc3)o2)C1=O)Nc1ccc(F)c(F)c1F. The van der Waals surface area contributed by atoms with E-state index in [-0.39, 0.29) is 4.91 Å². The first-order valence-electron chi connectivity index (χ1n) is 9.27. The smallest absolute Gasteiger partial charge is 0.294 e. The van der Waals surface area contributed by atoms with E-state index in [0.29, 0.717) is 34.2 Å². The Morgan fingerprint density at radius 2 is 1.76 bits per heavy atom. The maximum absolute atomic E-state index is 13.7. The van der Waals surface area contributed by atoms with Crippen LogP contribution in [0.1, 0.15) is 5.76 Å². The predicted molar refractivity (Wildman–Crippen MR) is 119 cm³/mol. The summed E-state index contributed by atoms with van der Waals surface area (Å²) >= 11 is 3.96. The molecule has 0 bridgehead atoms. The van der Waals surface area contributed by atoms with Crippen LogP contribution in [0, 0.1) is 17.5 Å². The van der Waals surface area contributed by atoms with E-state index in [2.05, 4.69) is 15.9 Å². The molecule has 4 rings (SSSR count). The number of carbonyl (C=O) groups is 3. The van der Waals surface area contributed by atoms with Crippen LogP contribution in [0.3, 0.4) is 0 Å². The van der Waals surface area contributed by atoms with E-state index >= 15 is 0 Å². The lowest BCUT2D eigenvalue weighted by Crippen LogP contribution is -2.36.